The van der Waals surface area contributed by atoms with Gasteiger partial charge in [-0.05, 0) is 42.5 Å². The number of carbonyl (C=O) groups is 1. The van der Waals surface area contributed by atoms with Gasteiger partial charge in [0.15, 0.2) is 0 Å². The number of aromatic nitrogens is 3. The van der Waals surface area contributed by atoms with Gasteiger partial charge in [0.25, 0.3) is 0 Å². The van der Waals surface area contributed by atoms with E-state index in [0.29, 0.717) is 28.8 Å². The number of nitrogens with one attached hydrogen (secondary N) is 2. The lowest BCUT2D eigenvalue weighted by Gasteiger charge is -2.12. The Kier molecular flexibility index (Phi) is 5.87. The van der Waals surface area contributed by atoms with Crippen LogP contribution in [-0.4, -0.2) is 25.7 Å². The molecule has 0 atom stereocenters. The second-order valence-corrected chi connectivity index (χ2v) is 7.64. The van der Waals surface area contributed by atoms with E-state index in [1.807, 2.05) is 54.2 Å². The van der Waals surface area contributed by atoms with Crippen molar-refractivity contribution in [2.75, 3.05) is 10.6 Å². The van der Waals surface area contributed by atoms with Gasteiger partial charge in [-0.15, -0.1) is 0 Å². The summed E-state index contributed by atoms with van der Waals surface area (Å²) in [6.45, 7) is 0. The first-order valence-corrected chi connectivity index (χ1v) is 10.7. The van der Waals surface area contributed by atoms with Gasteiger partial charge >= 0.3 is 6.03 Å². The Morgan fingerprint density at radius 3 is 2.49 bits per heavy atom. The maximum Gasteiger partial charge on any atom is 0.323 e. The Morgan fingerprint density at radius 1 is 0.857 bits per heavy atom. The Hall–Kier alpha value is -5.05. The fraction of sp³-hybridized carbons (Fsp3) is 0.0385. The molecular formula is C26H21N5O4. The van der Waals surface area contributed by atoms with Gasteiger partial charge < -0.3 is 29.8 Å². The first-order valence-electron chi connectivity index (χ1n) is 10.7. The van der Waals surface area contributed by atoms with E-state index in [-0.39, 0.29) is 11.4 Å². The number of phenolic OH excluding ortho intramolecular Hbond substituents is 1. The van der Waals surface area contributed by atoms with Crippen molar-refractivity contribution in [2.45, 2.75) is 0 Å². The molecule has 2 heterocycles. The maximum absolute atomic E-state index is 12.5. The van der Waals surface area contributed by atoms with Crippen LogP contribution in [0, 0.1) is 0 Å². The molecule has 174 valence electrons. The van der Waals surface area contributed by atoms with Crippen molar-refractivity contribution < 1.29 is 19.4 Å². The normalized spacial score (nSPS) is 10.7. The molecule has 9 heteroatoms. The first kappa shape index (κ1) is 21.8. The number of rotatable bonds is 6. The van der Waals surface area contributed by atoms with Crippen molar-refractivity contribution in [2.24, 2.45) is 7.05 Å². The second kappa shape index (κ2) is 9.44. The Labute approximate surface area is 200 Å². The predicted molar refractivity (Wildman–Crippen MR) is 132 cm³/mol. The van der Waals surface area contributed by atoms with Crippen molar-refractivity contribution in [3.8, 4) is 28.9 Å². The van der Waals surface area contributed by atoms with Crippen LogP contribution in [0.4, 0.5) is 16.2 Å². The molecule has 5 rings (SSSR count). The number of amides is 2. The lowest BCUT2D eigenvalue weighted by atomic mass is 10.2. The smallest absolute Gasteiger partial charge is 0.323 e. The molecule has 3 aromatic carbocycles. The SMILES string of the molecule is Cn1ccc2ncnc(Oc3ccc(NC(=O)Nc4cccc(Oc5ccccc5)c4)c(O)c3)c21. The van der Waals surface area contributed by atoms with Gasteiger partial charge in [0.1, 0.15) is 34.8 Å². The summed E-state index contributed by atoms with van der Waals surface area (Å²) in [4.78, 5) is 20.9. The van der Waals surface area contributed by atoms with Crippen molar-refractivity contribution in [1.29, 1.82) is 0 Å². The standard InChI is InChI=1S/C26H21N5O4/c1-31-13-12-22-24(31)25(28-16-27-22)35-20-10-11-21(23(32)15-20)30-26(33)29-17-6-5-9-19(14-17)34-18-7-3-2-4-8-18/h2-16,32H,1H3,(H2,29,30,33). The summed E-state index contributed by atoms with van der Waals surface area (Å²) in [6.07, 6.45) is 3.27. The van der Waals surface area contributed by atoms with Crippen LogP contribution in [0.3, 0.4) is 0 Å². The van der Waals surface area contributed by atoms with E-state index in [0.717, 1.165) is 11.0 Å². The molecule has 35 heavy (non-hydrogen) atoms. The molecule has 0 fully saturated rings. The van der Waals surface area contributed by atoms with Crippen LogP contribution in [-0.2, 0) is 7.05 Å². The lowest BCUT2D eigenvalue weighted by Crippen LogP contribution is -2.19. The molecule has 5 aromatic rings. The molecular weight excluding hydrogens is 446 g/mol. The van der Waals surface area contributed by atoms with Gasteiger partial charge in [-0.2, -0.15) is 4.98 Å². The van der Waals surface area contributed by atoms with Crippen LogP contribution in [0.2, 0.25) is 0 Å². The molecule has 0 aliphatic carbocycles. The molecule has 9 nitrogen and oxygen atoms in total. The van der Waals surface area contributed by atoms with Gasteiger partial charge in [0.2, 0.25) is 5.88 Å². The van der Waals surface area contributed by atoms with Crippen LogP contribution < -0.4 is 20.1 Å². The maximum atomic E-state index is 12.5. The number of aryl methyl sites for hydroxylation is 1. The van der Waals surface area contributed by atoms with E-state index in [9.17, 15) is 9.90 Å². The van der Waals surface area contributed by atoms with Crippen LogP contribution in [0.15, 0.2) is 91.4 Å². The molecule has 3 N–H and O–H groups in total. The Morgan fingerprint density at radius 2 is 1.66 bits per heavy atom. The summed E-state index contributed by atoms with van der Waals surface area (Å²) in [5.41, 5.74) is 2.23. The number of hydrogen-bond acceptors (Lipinski definition) is 6. The van der Waals surface area contributed by atoms with Crippen molar-refractivity contribution >= 4 is 28.4 Å². The van der Waals surface area contributed by atoms with Gasteiger partial charge in [-0.3, -0.25) is 0 Å². The second-order valence-electron chi connectivity index (χ2n) is 7.64. The quantitative estimate of drug-likeness (QED) is 0.268. The monoisotopic (exact) mass is 467 g/mol. The number of benzene rings is 3. The van der Waals surface area contributed by atoms with Crippen LogP contribution in [0.25, 0.3) is 11.0 Å². The van der Waals surface area contributed by atoms with Gasteiger partial charge in [0.05, 0.1) is 11.2 Å². The molecule has 0 radical (unpaired) electrons. The molecule has 0 spiro atoms. The van der Waals surface area contributed by atoms with E-state index < -0.39 is 6.03 Å². The third-order valence-corrected chi connectivity index (χ3v) is 5.13. The highest BCUT2D eigenvalue weighted by Crippen LogP contribution is 2.33. The molecule has 0 unspecified atom stereocenters. The number of nitrogens with zero attached hydrogens (tertiary/aromatic N) is 3. The largest absolute Gasteiger partial charge is 0.506 e. The minimum atomic E-state index is -0.521. The van der Waals surface area contributed by atoms with E-state index in [4.69, 9.17) is 9.47 Å². The van der Waals surface area contributed by atoms with E-state index in [1.165, 1.54) is 12.4 Å². The minimum absolute atomic E-state index is 0.156. The van der Waals surface area contributed by atoms with Crippen molar-refractivity contribution in [3.05, 3.63) is 91.4 Å². The first-order chi connectivity index (χ1) is 17.0. The third kappa shape index (κ3) is 4.98. The highest BCUT2D eigenvalue weighted by molar-refractivity contribution is 6.00. The number of phenols is 1. The predicted octanol–water partition coefficient (Wildman–Crippen LogP) is 5.90. The summed E-state index contributed by atoms with van der Waals surface area (Å²) >= 11 is 0. The van der Waals surface area contributed by atoms with Crippen molar-refractivity contribution in [3.63, 3.8) is 0 Å². The van der Waals surface area contributed by atoms with Gasteiger partial charge in [0, 0.05) is 31.1 Å². The number of para-hydroxylation sites is 1. The van der Waals surface area contributed by atoms with Gasteiger partial charge in [-0.1, -0.05) is 24.3 Å². The number of hydrogen-bond donors (Lipinski definition) is 3. The lowest BCUT2D eigenvalue weighted by molar-refractivity contribution is 0.262. The summed E-state index contributed by atoms with van der Waals surface area (Å²) in [5.74, 6) is 1.83. The number of carbonyl (C=O) groups excluding carboxylic acids is 1. The summed E-state index contributed by atoms with van der Waals surface area (Å²) in [6, 6.07) is 22.3. The summed E-state index contributed by atoms with van der Waals surface area (Å²) in [7, 11) is 1.87. The van der Waals surface area contributed by atoms with Crippen LogP contribution in [0.5, 0.6) is 28.9 Å². The van der Waals surface area contributed by atoms with E-state index >= 15 is 0 Å². The van der Waals surface area contributed by atoms with Crippen molar-refractivity contribution in [1.82, 2.24) is 14.5 Å². The van der Waals surface area contributed by atoms with Crippen LogP contribution >= 0.6 is 0 Å². The summed E-state index contributed by atoms with van der Waals surface area (Å²) in [5, 5.41) is 15.8. The average molecular weight is 467 g/mol. The Bertz CT molecular complexity index is 1500. The molecule has 0 aliphatic rings. The summed E-state index contributed by atoms with van der Waals surface area (Å²) < 4.78 is 13.5. The molecule has 2 amide bonds. The highest BCUT2D eigenvalue weighted by Gasteiger charge is 2.12. The zero-order valence-electron chi connectivity index (χ0n) is 18.7. The minimum Gasteiger partial charge on any atom is -0.506 e. The van der Waals surface area contributed by atoms with Gasteiger partial charge in [-0.25, -0.2) is 9.78 Å². The average Bonchev–Trinajstić information content (AvgIpc) is 3.23. The number of urea groups is 1. The number of anilines is 2. The highest BCUT2D eigenvalue weighted by atomic mass is 16.5. The number of ether oxygens (including phenoxy) is 2. The third-order valence-electron chi connectivity index (χ3n) is 5.13. The molecule has 2 aromatic heterocycles. The Balaban J connectivity index is 1.25. The fourth-order valence-corrected chi connectivity index (χ4v) is 3.50. The number of fused-ring (bicyclic) bond motifs is 1. The zero-order valence-corrected chi connectivity index (χ0v) is 18.7. The molecule has 0 bridgehead atoms. The molecule has 0 aliphatic heterocycles. The number of aromatic hydroxyl groups is 1. The topological polar surface area (TPSA) is 111 Å². The van der Waals surface area contributed by atoms with E-state index in [2.05, 4.69) is 20.6 Å². The molecule has 0 saturated heterocycles. The van der Waals surface area contributed by atoms with E-state index in [1.54, 1.807) is 36.4 Å². The zero-order chi connectivity index (χ0) is 24.2. The van der Waals surface area contributed by atoms with Crippen LogP contribution in [0.1, 0.15) is 0 Å². The fourth-order valence-electron chi connectivity index (χ4n) is 3.50. The molecule has 0 saturated carbocycles.